The number of carbonyl (C=O) groups excluding carboxylic acids is 1. The molecule has 0 heterocycles. The third-order valence-electron chi connectivity index (χ3n) is 6.26. The summed E-state index contributed by atoms with van der Waals surface area (Å²) in [7, 11) is 0. The number of alkyl halides is 3. The van der Waals surface area contributed by atoms with Crippen molar-refractivity contribution in [3.8, 4) is 11.5 Å². The van der Waals surface area contributed by atoms with Gasteiger partial charge in [0.2, 0.25) is 0 Å². The molecule has 1 aliphatic rings. The van der Waals surface area contributed by atoms with Crippen LogP contribution in [0.5, 0.6) is 11.5 Å². The Kier molecular flexibility index (Phi) is 10.4. The number of ether oxygens (including phenoxy) is 3. The molecule has 0 saturated heterocycles. The van der Waals surface area contributed by atoms with Crippen LogP contribution in [0.4, 0.5) is 13.2 Å². The summed E-state index contributed by atoms with van der Waals surface area (Å²) in [5.74, 6) is 0.122. The average molecular weight is 521 g/mol. The van der Waals surface area contributed by atoms with Crippen molar-refractivity contribution in [2.24, 2.45) is 11.5 Å². The molecule has 0 spiro atoms. The van der Waals surface area contributed by atoms with Gasteiger partial charge in [0.05, 0.1) is 13.2 Å². The Labute approximate surface area is 215 Å². The van der Waals surface area contributed by atoms with Crippen LogP contribution in [0.3, 0.4) is 0 Å². The monoisotopic (exact) mass is 520 g/mol. The summed E-state index contributed by atoms with van der Waals surface area (Å²) in [5, 5.41) is 0. The highest BCUT2D eigenvalue weighted by Crippen LogP contribution is 2.36. The quantitative estimate of drug-likeness (QED) is 0.271. The van der Waals surface area contributed by atoms with Crippen LogP contribution in [0.15, 0.2) is 36.4 Å². The molecular formula is C28H35F3N2O4. The van der Waals surface area contributed by atoms with Crippen molar-refractivity contribution >= 4 is 17.6 Å². The van der Waals surface area contributed by atoms with Gasteiger partial charge in [0.1, 0.15) is 17.5 Å². The molecule has 0 aliphatic heterocycles. The Balaban J connectivity index is 1.52. The summed E-state index contributed by atoms with van der Waals surface area (Å²) in [4.78, 5) is 11.5. The number of aryl methyl sites for hydroxylation is 2. The van der Waals surface area contributed by atoms with E-state index in [4.69, 9.17) is 20.9 Å². The van der Waals surface area contributed by atoms with Crippen LogP contribution in [-0.4, -0.2) is 38.1 Å². The molecule has 2 aromatic carbocycles. The maximum atomic E-state index is 12.6. The Morgan fingerprint density at radius 3 is 2.43 bits per heavy atom. The minimum Gasteiger partial charge on any atom is -0.494 e. The van der Waals surface area contributed by atoms with E-state index >= 15 is 0 Å². The molecule has 2 aromatic rings. The van der Waals surface area contributed by atoms with Crippen molar-refractivity contribution in [1.29, 1.82) is 0 Å². The summed E-state index contributed by atoms with van der Waals surface area (Å²) >= 11 is 0. The number of halogens is 3. The number of unbranched alkanes of at least 4 members (excludes halogenated alkanes) is 3. The molecule has 1 aliphatic carbocycles. The van der Waals surface area contributed by atoms with Gasteiger partial charge in [-0.25, -0.2) is 0 Å². The van der Waals surface area contributed by atoms with Crippen molar-refractivity contribution in [3.63, 3.8) is 0 Å². The van der Waals surface area contributed by atoms with E-state index in [2.05, 4.69) is 16.9 Å². The normalized spacial score (nSPS) is 13.9. The van der Waals surface area contributed by atoms with Crippen LogP contribution in [0, 0.1) is 0 Å². The van der Waals surface area contributed by atoms with Crippen molar-refractivity contribution in [1.82, 2.24) is 0 Å². The third kappa shape index (κ3) is 8.79. The molecule has 37 heavy (non-hydrogen) atoms. The molecule has 0 bridgehead atoms. The number of fused-ring (bicyclic) bond motifs is 1. The maximum Gasteiger partial charge on any atom is 0.573 e. The van der Waals surface area contributed by atoms with E-state index in [-0.39, 0.29) is 12.3 Å². The number of hydrogen-bond donors (Lipinski definition) is 2. The number of esters is 1. The van der Waals surface area contributed by atoms with E-state index in [0.717, 1.165) is 66.5 Å². The van der Waals surface area contributed by atoms with Gasteiger partial charge in [-0.2, -0.15) is 0 Å². The molecule has 0 fully saturated rings. The summed E-state index contributed by atoms with van der Waals surface area (Å²) < 4.78 is 52.9. The first-order chi connectivity index (χ1) is 17.7. The Hall–Kier alpha value is -3.04. The van der Waals surface area contributed by atoms with Crippen molar-refractivity contribution in [2.75, 3.05) is 19.8 Å². The lowest BCUT2D eigenvalue weighted by atomic mass is 9.86. The molecule has 0 amide bonds. The van der Waals surface area contributed by atoms with E-state index in [1.807, 2.05) is 19.1 Å². The molecule has 4 N–H and O–H groups in total. The lowest BCUT2D eigenvalue weighted by Crippen LogP contribution is -2.39. The topological polar surface area (TPSA) is 96.8 Å². The molecule has 3 rings (SSSR count). The van der Waals surface area contributed by atoms with Gasteiger partial charge >= 0.3 is 12.3 Å². The number of benzene rings is 2. The molecule has 202 valence electrons. The second kappa shape index (κ2) is 13.5. The fourth-order valence-corrected chi connectivity index (χ4v) is 4.26. The minimum absolute atomic E-state index is 0.0730. The van der Waals surface area contributed by atoms with Gasteiger partial charge in [-0.05, 0) is 97.0 Å². The molecule has 9 heteroatoms. The molecule has 0 saturated carbocycles. The summed E-state index contributed by atoms with van der Waals surface area (Å²) in [6.07, 6.45) is 3.16. The van der Waals surface area contributed by atoms with Crippen LogP contribution in [0.2, 0.25) is 0 Å². The standard InChI is InChI=1S/C28H35F3N2O4/c1-2-19-16-24(37-28(29,30)31)11-12-25(19)21-8-7-20-9-10-23(17-22(20)15-21)35-13-5-3-4-6-14-36-27(34)26(33)18-32/h9-12,15-17,26H,2-8,13-14,18,32-33H2,1H3. The second-order valence-electron chi connectivity index (χ2n) is 9.02. The zero-order valence-electron chi connectivity index (χ0n) is 21.1. The van der Waals surface area contributed by atoms with Crippen LogP contribution in [-0.2, 0) is 22.4 Å². The first kappa shape index (κ1) is 28.5. The smallest absolute Gasteiger partial charge is 0.494 e. The summed E-state index contributed by atoms with van der Waals surface area (Å²) in [6.45, 7) is 2.91. The van der Waals surface area contributed by atoms with Gasteiger partial charge in [-0.3, -0.25) is 4.79 Å². The Morgan fingerprint density at radius 1 is 1.00 bits per heavy atom. The highest BCUT2D eigenvalue weighted by Gasteiger charge is 2.31. The van der Waals surface area contributed by atoms with Crippen LogP contribution < -0.4 is 20.9 Å². The fraction of sp³-hybridized carbons (Fsp3) is 0.464. The van der Waals surface area contributed by atoms with Gasteiger partial charge in [-0.1, -0.05) is 25.1 Å². The summed E-state index contributed by atoms with van der Waals surface area (Å²) in [5.41, 5.74) is 16.0. The van der Waals surface area contributed by atoms with E-state index in [0.29, 0.717) is 19.6 Å². The highest BCUT2D eigenvalue weighted by atomic mass is 19.4. The second-order valence-corrected chi connectivity index (χ2v) is 9.02. The number of nitrogens with two attached hydrogens (primary N) is 2. The van der Waals surface area contributed by atoms with E-state index in [1.165, 1.54) is 17.7 Å². The van der Waals surface area contributed by atoms with Crippen molar-refractivity contribution in [2.45, 2.75) is 64.3 Å². The minimum atomic E-state index is -4.71. The molecule has 1 atom stereocenters. The highest BCUT2D eigenvalue weighted by molar-refractivity contribution is 5.86. The van der Waals surface area contributed by atoms with Crippen LogP contribution >= 0.6 is 0 Å². The molecule has 0 radical (unpaired) electrons. The maximum absolute atomic E-state index is 12.6. The van der Waals surface area contributed by atoms with Crippen molar-refractivity contribution < 1.29 is 32.2 Å². The lowest BCUT2D eigenvalue weighted by molar-refractivity contribution is -0.274. The predicted octanol–water partition coefficient (Wildman–Crippen LogP) is 5.40. The molecule has 0 aromatic heterocycles. The zero-order chi connectivity index (χ0) is 26.8. The largest absolute Gasteiger partial charge is 0.573 e. The fourth-order valence-electron chi connectivity index (χ4n) is 4.26. The average Bonchev–Trinajstić information content (AvgIpc) is 2.88. The summed E-state index contributed by atoms with van der Waals surface area (Å²) in [6, 6.07) is 9.85. The van der Waals surface area contributed by atoms with Gasteiger partial charge in [0.25, 0.3) is 0 Å². The number of rotatable bonds is 13. The lowest BCUT2D eigenvalue weighted by Gasteiger charge is -2.20. The van der Waals surface area contributed by atoms with Crippen molar-refractivity contribution in [3.05, 3.63) is 58.7 Å². The molecule has 1 unspecified atom stereocenters. The third-order valence-corrected chi connectivity index (χ3v) is 6.26. The van der Waals surface area contributed by atoms with Crippen LogP contribution in [0.1, 0.15) is 61.3 Å². The van der Waals surface area contributed by atoms with Gasteiger partial charge in [-0.15, -0.1) is 13.2 Å². The molecule has 6 nitrogen and oxygen atoms in total. The predicted molar refractivity (Wildman–Crippen MR) is 137 cm³/mol. The molecular weight excluding hydrogens is 485 g/mol. The SMILES string of the molecule is CCc1cc(OC(F)(F)F)ccc1C1=Cc2cc(OCCCCCCOC(=O)C(N)CN)ccc2CC1. The van der Waals surface area contributed by atoms with Gasteiger partial charge in [0.15, 0.2) is 0 Å². The van der Waals surface area contributed by atoms with E-state index in [1.54, 1.807) is 6.07 Å². The Bertz CT molecular complexity index is 1090. The Morgan fingerprint density at radius 2 is 1.73 bits per heavy atom. The zero-order valence-corrected chi connectivity index (χ0v) is 21.1. The number of allylic oxidation sites excluding steroid dienone is 1. The first-order valence-corrected chi connectivity index (χ1v) is 12.7. The first-order valence-electron chi connectivity index (χ1n) is 12.7. The van der Waals surface area contributed by atoms with Gasteiger partial charge < -0.3 is 25.7 Å². The van der Waals surface area contributed by atoms with Crippen LogP contribution in [0.25, 0.3) is 11.6 Å². The van der Waals surface area contributed by atoms with Gasteiger partial charge in [0, 0.05) is 6.54 Å². The van der Waals surface area contributed by atoms with E-state index in [9.17, 15) is 18.0 Å². The number of carbonyl (C=O) groups is 1. The number of hydrogen-bond acceptors (Lipinski definition) is 6. The van der Waals surface area contributed by atoms with E-state index < -0.39 is 18.4 Å².